The Morgan fingerprint density at radius 1 is 1.24 bits per heavy atom. The number of hydrogen-bond acceptors (Lipinski definition) is 5. The minimum atomic E-state index is -3.10. The standard InChI is InChI=1S/C18H20ClFN4O4S/c19-14-4-1-5-15(20)13(14)11-24-18(26)23-6-2-3-12(16(23)21-24)17(25)22-7-9-29(27,28)10-8-22/h1,4-5,12H,2-3,6-11H2. The summed E-state index contributed by atoms with van der Waals surface area (Å²) in [7, 11) is -3.10. The van der Waals surface area contributed by atoms with Gasteiger partial charge in [-0.25, -0.2) is 22.3 Å². The molecule has 8 nitrogen and oxygen atoms in total. The van der Waals surface area contributed by atoms with Crippen LogP contribution in [-0.2, 0) is 27.7 Å². The van der Waals surface area contributed by atoms with Gasteiger partial charge in [-0.2, -0.15) is 5.10 Å². The zero-order chi connectivity index (χ0) is 20.8. The van der Waals surface area contributed by atoms with E-state index in [0.29, 0.717) is 25.2 Å². The van der Waals surface area contributed by atoms with Gasteiger partial charge in [-0.1, -0.05) is 17.7 Å². The maximum absolute atomic E-state index is 14.1. The van der Waals surface area contributed by atoms with Crippen molar-refractivity contribution in [1.82, 2.24) is 19.2 Å². The second kappa shape index (κ2) is 7.56. The van der Waals surface area contributed by atoms with E-state index in [0.717, 1.165) is 4.68 Å². The van der Waals surface area contributed by atoms with Crippen molar-refractivity contribution in [3.8, 4) is 0 Å². The third kappa shape index (κ3) is 3.83. The molecule has 1 amide bonds. The molecule has 1 fully saturated rings. The zero-order valence-corrected chi connectivity index (χ0v) is 17.1. The molecule has 1 aromatic carbocycles. The molecular weight excluding hydrogens is 423 g/mol. The fraction of sp³-hybridized carbons (Fsp3) is 0.500. The maximum Gasteiger partial charge on any atom is 0.346 e. The van der Waals surface area contributed by atoms with Gasteiger partial charge in [0.1, 0.15) is 11.6 Å². The average Bonchev–Trinajstić information content (AvgIpc) is 3.00. The molecule has 156 valence electrons. The number of hydrogen-bond donors (Lipinski definition) is 0. The summed E-state index contributed by atoms with van der Waals surface area (Å²) in [6.07, 6.45) is 1.15. The SMILES string of the molecule is O=C(C1CCCn2c1nn(Cc1c(F)cccc1Cl)c2=O)N1CCS(=O)(=O)CC1. The van der Waals surface area contributed by atoms with Crippen LogP contribution in [0.15, 0.2) is 23.0 Å². The quantitative estimate of drug-likeness (QED) is 0.707. The minimum absolute atomic E-state index is 0.0571. The first-order valence-corrected chi connectivity index (χ1v) is 11.6. The van der Waals surface area contributed by atoms with Gasteiger partial charge < -0.3 is 4.90 Å². The fourth-order valence-corrected chi connectivity index (χ4v) is 5.26. The van der Waals surface area contributed by atoms with Gasteiger partial charge in [-0.05, 0) is 25.0 Å². The first-order chi connectivity index (χ1) is 13.8. The van der Waals surface area contributed by atoms with Crippen molar-refractivity contribution in [2.24, 2.45) is 0 Å². The summed E-state index contributed by atoms with van der Waals surface area (Å²) in [5.74, 6) is -1.14. The van der Waals surface area contributed by atoms with Crippen molar-refractivity contribution in [3.63, 3.8) is 0 Å². The molecule has 3 heterocycles. The Morgan fingerprint density at radius 3 is 2.66 bits per heavy atom. The Hall–Kier alpha value is -2.20. The summed E-state index contributed by atoms with van der Waals surface area (Å²) in [4.78, 5) is 27.3. The molecule has 1 aromatic heterocycles. The fourth-order valence-electron chi connectivity index (χ4n) is 3.83. The summed E-state index contributed by atoms with van der Waals surface area (Å²) in [5, 5.41) is 4.53. The highest BCUT2D eigenvalue weighted by atomic mass is 35.5. The predicted molar refractivity (Wildman–Crippen MR) is 104 cm³/mol. The Labute approximate surface area is 171 Å². The van der Waals surface area contributed by atoms with E-state index in [1.54, 1.807) is 0 Å². The Morgan fingerprint density at radius 2 is 1.97 bits per heavy atom. The van der Waals surface area contributed by atoms with Gasteiger partial charge in [0.2, 0.25) is 5.91 Å². The van der Waals surface area contributed by atoms with Crippen LogP contribution in [0, 0.1) is 5.82 Å². The van der Waals surface area contributed by atoms with E-state index in [1.165, 1.54) is 27.7 Å². The van der Waals surface area contributed by atoms with Crippen LogP contribution in [0.2, 0.25) is 5.02 Å². The third-order valence-electron chi connectivity index (χ3n) is 5.46. The lowest BCUT2D eigenvalue weighted by Crippen LogP contribution is -2.46. The molecule has 2 aliphatic rings. The zero-order valence-electron chi connectivity index (χ0n) is 15.6. The second-order valence-corrected chi connectivity index (χ2v) is 10.0. The largest absolute Gasteiger partial charge is 0.346 e. The third-order valence-corrected chi connectivity index (χ3v) is 7.42. The number of benzene rings is 1. The summed E-state index contributed by atoms with van der Waals surface area (Å²) in [6.45, 7) is 0.589. The van der Waals surface area contributed by atoms with Crippen LogP contribution in [-0.4, -0.2) is 58.2 Å². The molecule has 0 bridgehead atoms. The van der Waals surface area contributed by atoms with Gasteiger partial charge in [0, 0.05) is 30.2 Å². The number of amides is 1. The number of rotatable bonds is 3. The van der Waals surface area contributed by atoms with Gasteiger partial charge in [0.25, 0.3) is 0 Å². The molecule has 1 saturated heterocycles. The van der Waals surface area contributed by atoms with Crippen LogP contribution >= 0.6 is 11.6 Å². The lowest BCUT2D eigenvalue weighted by atomic mass is 9.97. The molecule has 2 aromatic rings. The first kappa shape index (κ1) is 20.1. The van der Waals surface area contributed by atoms with Crippen LogP contribution < -0.4 is 5.69 Å². The van der Waals surface area contributed by atoms with Crippen LogP contribution in [0.25, 0.3) is 0 Å². The average molecular weight is 443 g/mol. The monoisotopic (exact) mass is 442 g/mol. The van der Waals surface area contributed by atoms with Crippen molar-refractivity contribution in [3.05, 3.63) is 50.9 Å². The van der Waals surface area contributed by atoms with Crippen molar-refractivity contribution in [1.29, 1.82) is 0 Å². The number of carbonyl (C=O) groups is 1. The summed E-state index contributed by atoms with van der Waals surface area (Å²) in [5.41, 5.74) is -0.256. The van der Waals surface area contributed by atoms with Gasteiger partial charge in [0.15, 0.2) is 9.84 Å². The summed E-state index contributed by atoms with van der Waals surface area (Å²) >= 11 is 6.06. The molecule has 0 aliphatic carbocycles. The van der Waals surface area contributed by atoms with Crippen molar-refractivity contribution < 1.29 is 17.6 Å². The molecule has 2 aliphatic heterocycles. The molecule has 0 spiro atoms. The molecular formula is C18H20ClFN4O4S. The van der Waals surface area contributed by atoms with Gasteiger partial charge >= 0.3 is 5.69 Å². The summed E-state index contributed by atoms with van der Waals surface area (Å²) in [6, 6.07) is 4.28. The Balaban J connectivity index is 1.62. The number of carbonyl (C=O) groups excluding carboxylic acids is 1. The number of aromatic nitrogens is 3. The van der Waals surface area contributed by atoms with Crippen LogP contribution in [0.1, 0.15) is 30.1 Å². The van der Waals surface area contributed by atoms with Crippen LogP contribution in [0.4, 0.5) is 4.39 Å². The molecule has 11 heteroatoms. The molecule has 0 saturated carbocycles. The topological polar surface area (TPSA) is 94.3 Å². The van der Waals surface area contributed by atoms with E-state index in [9.17, 15) is 22.4 Å². The molecule has 4 rings (SSSR count). The Kier molecular flexibility index (Phi) is 5.24. The molecule has 29 heavy (non-hydrogen) atoms. The predicted octanol–water partition coefficient (Wildman–Crippen LogP) is 1.02. The highest BCUT2D eigenvalue weighted by Crippen LogP contribution is 2.28. The van der Waals surface area contributed by atoms with E-state index in [-0.39, 0.29) is 47.6 Å². The molecule has 0 radical (unpaired) electrons. The number of fused-ring (bicyclic) bond motifs is 1. The van der Waals surface area contributed by atoms with E-state index in [2.05, 4.69) is 5.10 Å². The smallest absolute Gasteiger partial charge is 0.340 e. The minimum Gasteiger partial charge on any atom is -0.340 e. The van der Waals surface area contributed by atoms with E-state index in [4.69, 9.17) is 11.6 Å². The lowest BCUT2D eigenvalue weighted by molar-refractivity contribution is -0.133. The molecule has 0 N–H and O–H groups in total. The number of nitrogens with zero attached hydrogens (tertiary/aromatic N) is 4. The molecule has 1 unspecified atom stereocenters. The van der Waals surface area contributed by atoms with Crippen molar-refractivity contribution in [2.75, 3.05) is 24.6 Å². The Bertz CT molecular complexity index is 1090. The molecule has 1 atom stereocenters. The van der Waals surface area contributed by atoms with E-state index in [1.807, 2.05) is 0 Å². The van der Waals surface area contributed by atoms with Crippen LogP contribution in [0.3, 0.4) is 0 Å². The first-order valence-electron chi connectivity index (χ1n) is 9.36. The van der Waals surface area contributed by atoms with Crippen molar-refractivity contribution >= 4 is 27.3 Å². The highest BCUT2D eigenvalue weighted by Gasteiger charge is 2.36. The van der Waals surface area contributed by atoms with E-state index < -0.39 is 27.3 Å². The van der Waals surface area contributed by atoms with Crippen LogP contribution in [0.5, 0.6) is 0 Å². The normalized spacial score (nSPS) is 21.0. The van der Waals surface area contributed by atoms with E-state index >= 15 is 0 Å². The van der Waals surface area contributed by atoms with Crippen molar-refractivity contribution in [2.45, 2.75) is 31.8 Å². The number of sulfone groups is 1. The number of halogens is 2. The lowest BCUT2D eigenvalue weighted by Gasteiger charge is -2.31. The second-order valence-electron chi connectivity index (χ2n) is 7.32. The maximum atomic E-state index is 14.1. The summed E-state index contributed by atoms with van der Waals surface area (Å²) < 4.78 is 40.0. The van der Waals surface area contributed by atoms with Gasteiger partial charge in [-0.15, -0.1) is 0 Å². The highest BCUT2D eigenvalue weighted by molar-refractivity contribution is 7.91. The van der Waals surface area contributed by atoms with Gasteiger partial charge in [-0.3, -0.25) is 9.36 Å². The van der Waals surface area contributed by atoms with Gasteiger partial charge in [0.05, 0.1) is 24.0 Å².